The van der Waals surface area contributed by atoms with E-state index < -0.39 is 0 Å². The lowest BCUT2D eigenvalue weighted by Gasteiger charge is -2.03. The molecule has 0 spiro atoms. The van der Waals surface area contributed by atoms with Crippen LogP contribution < -0.4 is 11.1 Å². The van der Waals surface area contributed by atoms with Gasteiger partial charge in [0.2, 0.25) is 5.95 Å². The summed E-state index contributed by atoms with van der Waals surface area (Å²) in [4.78, 5) is 9.44. The molecule has 0 aromatic carbocycles. The molecule has 0 fully saturated rings. The molecule has 2 rings (SSSR count). The summed E-state index contributed by atoms with van der Waals surface area (Å²) in [5.41, 5.74) is 5.61. The Morgan fingerprint density at radius 2 is 2.12 bits per heavy atom. The first kappa shape index (κ1) is 11.8. The molecule has 2 aromatic rings. The van der Waals surface area contributed by atoms with E-state index in [0.717, 1.165) is 4.47 Å². The summed E-state index contributed by atoms with van der Waals surface area (Å²) < 4.78 is 1.76. The van der Waals surface area contributed by atoms with Crippen molar-refractivity contribution in [3.05, 3.63) is 31.5 Å². The number of anilines is 2. The first-order valence-corrected chi connectivity index (χ1v) is 6.87. The first-order valence-electron chi connectivity index (χ1n) is 4.40. The molecule has 4 nitrogen and oxygen atoms in total. The summed E-state index contributed by atoms with van der Waals surface area (Å²) in [5.74, 6) is 0.966. The van der Waals surface area contributed by atoms with E-state index in [2.05, 4.69) is 53.2 Å². The van der Waals surface area contributed by atoms with Gasteiger partial charge in [-0.25, -0.2) is 4.98 Å². The van der Waals surface area contributed by atoms with Crippen LogP contribution in [0.3, 0.4) is 0 Å². The quantitative estimate of drug-likeness (QED) is 0.821. The van der Waals surface area contributed by atoms with Crippen LogP contribution in [0.1, 0.15) is 4.88 Å². The average molecular weight is 364 g/mol. The van der Waals surface area contributed by atoms with Crippen molar-refractivity contribution < 1.29 is 0 Å². The highest BCUT2D eigenvalue weighted by Gasteiger charge is 2.02. The van der Waals surface area contributed by atoms with Crippen LogP contribution in [0.25, 0.3) is 0 Å². The Morgan fingerprint density at radius 3 is 2.75 bits per heavy atom. The number of thiophene rings is 1. The molecule has 0 amide bonds. The average Bonchev–Trinajstić information content (AvgIpc) is 2.60. The van der Waals surface area contributed by atoms with Crippen molar-refractivity contribution in [2.24, 2.45) is 0 Å². The van der Waals surface area contributed by atoms with Gasteiger partial charge in [0.1, 0.15) is 10.4 Å². The van der Waals surface area contributed by atoms with Crippen LogP contribution in [0.4, 0.5) is 11.8 Å². The standard InChI is InChI=1S/C9H8Br2N4S/c10-5-1-6(16-4-5)3-13-9-14-7(11)2-8(12)15-9/h1-2,4H,3H2,(H3,12,13,14,15). The second-order valence-corrected chi connectivity index (χ2v) is 5.75. The summed E-state index contributed by atoms with van der Waals surface area (Å²) in [6.45, 7) is 0.687. The summed E-state index contributed by atoms with van der Waals surface area (Å²) >= 11 is 8.34. The number of hydrogen-bond donors (Lipinski definition) is 2. The fraction of sp³-hybridized carbons (Fsp3) is 0.111. The van der Waals surface area contributed by atoms with Crippen LogP contribution in [0, 0.1) is 0 Å². The van der Waals surface area contributed by atoms with Crippen LogP contribution in [-0.2, 0) is 6.54 Å². The van der Waals surface area contributed by atoms with Crippen LogP contribution in [-0.4, -0.2) is 9.97 Å². The van der Waals surface area contributed by atoms with Crippen molar-refractivity contribution in [1.82, 2.24) is 9.97 Å². The lowest BCUT2D eigenvalue weighted by molar-refractivity contribution is 1.06. The maximum absolute atomic E-state index is 5.61. The Balaban J connectivity index is 2.04. The Bertz CT molecular complexity index is 480. The van der Waals surface area contributed by atoms with E-state index in [9.17, 15) is 0 Å². The minimum atomic E-state index is 0.441. The zero-order chi connectivity index (χ0) is 11.5. The van der Waals surface area contributed by atoms with Crippen LogP contribution in [0.2, 0.25) is 0 Å². The predicted octanol–water partition coefficient (Wildman–Crippen LogP) is 3.26. The van der Waals surface area contributed by atoms with E-state index in [-0.39, 0.29) is 0 Å². The first-order chi connectivity index (χ1) is 7.63. The monoisotopic (exact) mass is 362 g/mol. The van der Waals surface area contributed by atoms with Gasteiger partial charge in [0.15, 0.2) is 0 Å². The third-order valence-electron chi connectivity index (χ3n) is 1.76. The molecule has 0 radical (unpaired) electrons. The highest BCUT2D eigenvalue weighted by atomic mass is 79.9. The van der Waals surface area contributed by atoms with E-state index in [0.29, 0.717) is 22.9 Å². The van der Waals surface area contributed by atoms with Gasteiger partial charge < -0.3 is 11.1 Å². The maximum Gasteiger partial charge on any atom is 0.226 e. The molecule has 0 aliphatic rings. The molecule has 0 aliphatic carbocycles. The number of nitrogens with two attached hydrogens (primary N) is 1. The van der Waals surface area contributed by atoms with Crippen molar-refractivity contribution in [3.63, 3.8) is 0 Å². The smallest absolute Gasteiger partial charge is 0.226 e. The molecule has 16 heavy (non-hydrogen) atoms. The number of aromatic nitrogens is 2. The van der Waals surface area contributed by atoms with E-state index in [1.54, 1.807) is 17.4 Å². The lowest BCUT2D eigenvalue weighted by Crippen LogP contribution is -2.04. The van der Waals surface area contributed by atoms with Gasteiger partial charge in [-0.15, -0.1) is 11.3 Å². The third kappa shape index (κ3) is 3.16. The molecular formula is C9H8Br2N4S. The Labute approximate surface area is 114 Å². The Hall–Kier alpha value is -0.660. The Morgan fingerprint density at radius 1 is 1.31 bits per heavy atom. The number of nitrogens with zero attached hydrogens (tertiary/aromatic N) is 2. The van der Waals surface area contributed by atoms with E-state index in [1.165, 1.54) is 4.88 Å². The van der Waals surface area contributed by atoms with E-state index in [1.807, 2.05) is 5.38 Å². The van der Waals surface area contributed by atoms with Crippen molar-refractivity contribution in [3.8, 4) is 0 Å². The minimum absolute atomic E-state index is 0.441. The normalized spacial score (nSPS) is 10.4. The highest BCUT2D eigenvalue weighted by molar-refractivity contribution is 9.10. The largest absolute Gasteiger partial charge is 0.383 e. The molecule has 3 N–H and O–H groups in total. The van der Waals surface area contributed by atoms with Gasteiger partial charge in [0.05, 0.1) is 6.54 Å². The van der Waals surface area contributed by atoms with Gasteiger partial charge in [-0.3, -0.25) is 0 Å². The molecule has 0 saturated heterocycles. The third-order valence-corrected chi connectivity index (χ3v) is 3.86. The highest BCUT2D eigenvalue weighted by Crippen LogP contribution is 2.20. The van der Waals surface area contributed by atoms with E-state index in [4.69, 9.17) is 5.73 Å². The molecule has 0 saturated carbocycles. The van der Waals surface area contributed by atoms with E-state index >= 15 is 0 Å². The molecule has 84 valence electrons. The van der Waals surface area contributed by atoms with Crippen LogP contribution in [0.5, 0.6) is 0 Å². The van der Waals surface area contributed by atoms with Gasteiger partial charge in [0, 0.05) is 20.8 Å². The van der Waals surface area contributed by atoms with Crippen molar-refractivity contribution >= 4 is 55.0 Å². The van der Waals surface area contributed by atoms with Gasteiger partial charge in [-0.05, 0) is 37.9 Å². The van der Waals surface area contributed by atoms with Gasteiger partial charge in [-0.1, -0.05) is 0 Å². The molecule has 2 heterocycles. The number of nitrogen functional groups attached to an aromatic ring is 1. The summed E-state index contributed by atoms with van der Waals surface area (Å²) in [6.07, 6.45) is 0. The number of hydrogen-bond acceptors (Lipinski definition) is 5. The van der Waals surface area contributed by atoms with Crippen molar-refractivity contribution in [1.29, 1.82) is 0 Å². The van der Waals surface area contributed by atoms with Crippen molar-refractivity contribution in [2.75, 3.05) is 11.1 Å². The molecule has 2 aromatic heterocycles. The molecule has 0 bridgehead atoms. The molecule has 0 aliphatic heterocycles. The second kappa shape index (κ2) is 5.11. The molecule has 0 atom stereocenters. The Kier molecular flexibility index (Phi) is 3.78. The molecular weight excluding hydrogens is 356 g/mol. The maximum atomic E-state index is 5.61. The molecule has 0 unspecified atom stereocenters. The second-order valence-electron chi connectivity index (χ2n) is 3.02. The van der Waals surface area contributed by atoms with Gasteiger partial charge in [0.25, 0.3) is 0 Å². The summed E-state index contributed by atoms with van der Waals surface area (Å²) in [7, 11) is 0. The summed E-state index contributed by atoms with van der Waals surface area (Å²) in [5, 5.41) is 5.15. The molecule has 7 heteroatoms. The number of nitrogens with one attached hydrogen (secondary N) is 1. The number of rotatable bonds is 3. The summed E-state index contributed by atoms with van der Waals surface area (Å²) in [6, 6.07) is 3.71. The van der Waals surface area contributed by atoms with Crippen molar-refractivity contribution in [2.45, 2.75) is 6.54 Å². The zero-order valence-electron chi connectivity index (χ0n) is 8.08. The zero-order valence-corrected chi connectivity index (χ0v) is 12.1. The van der Waals surface area contributed by atoms with Crippen LogP contribution in [0.15, 0.2) is 26.6 Å². The lowest BCUT2D eigenvalue weighted by atomic mass is 10.5. The predicted molar refractivity (Wildman–Crippen MR) is 73.5 cm³/mol. The SMILES string of the molecule is Nc1cc(Br)nc(NCc2cc(Br)cs2)n1. The topological polar surface area (TPSA) is 63.8 Å². The fourth-order valence-electron chi connectivity index (χ4n) is 1.13. The number of halogens is 2. The van der Waals surface area contributed by atoms with Crippen LogP contribution >= 0.6 is 43.2 Å². The fourth-order valence-corrected chi connectivity index (χ4v) is 2.92. The minimum Gasteiger partial charge on any atom is -0.383 e. The van der Waals surface area contributed by atoms with Gasteiger partial charge in [-0.2, -0.15) is 4.98 Å². The van der Waals surface area contributed by atoms with Gasteiger partial charge >= 0.3 is 0 Å².